The molecule has 0 radical (unpaired) electrons. The van der Waals surface area contributed by atoms with Gasteiger partial charge in [-0.15, -0.1) is 13.2 Å². The van der Waals surface area contributed by atoms with Gasteiger partial charge in [-0.2, -0.15) is 0 Å². The minimum absolute atomic E-state index is 0.159. The van der Waals surface area contributed by atoms with Crippen LogP contribution in [0.4, 0.5) is 22.7 Å². The zero-order valence-corrected chi connectivity index (χ0v) is 25.0. The highest BCUT2D eigenvalue weighted by Gasteiger charge is 2.43. The number of para-hydroxylation sites is 4. The maximum atomic E-state index is 4.10. The average Bonchev–Trinajstić information content (AvgIpc) is 3.09. The summed E-state index contributed by atoms with van der Waals surface area (Å²) in [4.78, 5) is 4.97. The Labute approximate surface area is 262 Å². The van der Waals surface area contributed by atoms with Crippen LogP contribution in [0.15, 0.2) is 189 Å². The molecule has 0 saturated heterocycles. The van der Waals surface area contributed by atoms with Crippen LogP contribution >= 0.6 is 0 Å². The van der Waals surface area contributed by atoms with Crippen molar-refractivity contribution in [2.24, 2.45) is 0 Å². The van der Waals surface area contributed by atoms with Gasteiger partial charge in [0.1, 0.15) is 0 Å². The summed E-state index contributed by atoms with van der Waals surface area (Å²) in [5.41, 5.74) is 7.40. The van der Waals surface area contributed by atoms with Crippen LogP contribution in [0.1, 0.15) is 22.6 Å². The Balaban J connectivity index is 1.68. The van der Waals surface area contributed by atoms with Crippen LogP contribution in [0.25, 0.3) is 0 Å². The Kier molecular flexibility index (Phi) is 8.70. The lowest BCUT2D eigenvalue weighted by molar-refractivity contribution is 0.622. The average molecular weight is 571 g/mol. The second-order valence-corrected chi connectivity index (χ2v) is 11.0. The predicted molar refractivity (Wildman–Crippen MR) is 188 cm³/mol. The van der Waals surface area contributed by atoms with E-state index < -0.39 is 5.66 Å². The zero-order chi connectivity index (χ0) is 30.2. The third-order valence-corrected chi connectivity index (χ3v) is 8.22. The standard InChI is InChI=1S/C42H38N2/c1-3-18-36-22-14-16-28-40(36)43(38-24-10-6-11-25-38)42(32-30-35(31-33-42)34-20-8-5-9-21-34)44(39-26-12-7-13-27-39)41-29-17-15-23-37(41)19-4-2/h3-17,20-33,35H,1-2,18-19H2. The minimum Gasteiger partial charge on any atom is -0.310 e. The lowest BCUT2D eigenvalue weighted by atomic mass is 9.86. The Bertz CT molecular complexity index is 1640. The van der Waals surface area contributed by atoms with E-state index in [-0.39, 0.29) is 5.92 Å². The lowest BCUT2D eigenvalue weighted by Gasteiger charge is -2.52. The zero-order valence-electron chi connectivity index (χ0n) is 25.0. The maximum absolute atomic E-state index is 4.10. The smallest absolute Gasteiger partial charge is 0.160 e. The van der Waals surface area contributed by atoms with Crippen molar-refractivity contribution >= 4 is 22.7 Å². The molecule has 1 aliphatic carbocycles. The maximum Gasteiger partial charge on any atom is 0.160 e. The lowest BCUT2D eigenvalue weighted by Crippen LogP contribution is -2.56. The molecule has 5 aromatic carbocycles. The van der Waals surface area contributed by atoms with Crippen LogP contribution in [0.3, 0.4) is 0 Å². The van der Waals surface area contributed by atoms with Crippen LogP contribution in [0, 0.1) is 0 Å². The molecule has 5 aromatic rings. The van der Waals surface area contributed by atoms with Gasteiger partial charge in [-0.1, -0.05) is 127 Å². The molecule has 0 saturated carbocycles. The molecule has 0 N–H and O–H groups in total. The summed E-state index contributed by atoms with van der Waals surface area (Å²) in [6, 6.07) is 49.5. The van der Waals surface area contributed by atoms with Gasteiger partial charge in [0, 0.05) is 28.7 Å². The molecule has 0 amide bonds. The van der Waals surface area contributed by atoms with Crippen LogP contribution < -0.4 is 9.80 Å². The fourth-order valence-electron chi connectivity index (χ4n) is 6.25. The molecule has 0 spiro atoms. The summed E-state index contributed by atoms with van der Waals surface area (Å²) >= 11 is 0. The highest BCUT2D eigenvalue weighted by molar-refractivity contribution is 5.80. The van der Waals surface area contributed by atoms with E-state index in [1.807, 2.05) is 12.2 Å². The predicted octanol–water partition coefficient (Wildman–Crippen LogP) is 10.7. The summed E-state index contributed by atoms with van der Waals surface area (Å²) in [5.74, 6) is 0.159. The van der Waals surface area contributed by atoms with E-state index in [0.29, 0.717) is 0 Å². The third kappa shape index (κ3) is 5.67. The molecule has 0 heterocycles. The number of benzene rings is 5. The molecule has 1 aliphatic rings. The second-order valence-electron chi connectivity index (χ2n) is 11.0. The fraction of sp³-hybridized carbons (Fsp3) is 0.0952. The van der Waals surface area contributed by atoms with Crippen molar-refractivity contribution < 1.29 is 0 Å². The first-order valence-electron chi connectivity index (χ1n) is 15.3. The van der Waals surface area contributed by atoms with E-state index in [0.717, 1.165) is 35.6 Å². The first kappa shape index (κ1) is 28.8. The SMILES string of the molecule is C=CCc1ccccc1N(c1ccccc1)C1(N(c2ccccc2)c2ccccc2CC=C)C=CC(c2ccccc2)C=C1. The number of hydrogen-bond donors (Lipinski definition) is 0. The monoisotopic (exact) mass is 570 g/mol. The topological polar surface area (TPSA) is 6.48 Å². The van der Waals surface area contributed by atoms with Crippen LogP contribution in [-0.4, -0.2) is 5.66 Å². The summed E-state index contributed by atoms with van der Waals surface area (Å²) < 4.78 is 0. The fourth-order valence-corrected chi connectivity index (χ4v) is 6.25. The number of allylic oxidation sites excluding steroid dienone is 4. The van der Waals surface area contributed by atoms with Crippen molar-refractivity contribution in [1.82, 2.24) is 0 Å². The largest absolute Gasteiger partial charge is 0.310 e. The van der Waals surface area contributed by atoms with Gasteiger partial charge in [-0.3, -0.25) is 0 Å². The van der Waals surface area contributed by atoms with Crippen molar-refractivity contribution in [1.29, 1.82) is 0 Å². The van der Waals surface area contributed by atoms with Gasteiger partial charge in [0.25, 0.3) is 0 Å². The highest BCUT2D eigenvalue weighted by atomic mass is 15.4. The molecular formula is C42H38N2. The Morgan fingerprint density at radius 3 is 1.32 bits per heavy atom. The molecule has 216 valence electrons. The van der Waals surface area contributed by atoms with Gasteiger partial charge in [0.2, 0.25) is 0 Å². The summed E-state index contributed by atoms with van der Waals surface area (Å²) in [5, 5.41) is 0. The van der Waals surface area contributed by atoms with Gasteiger partial charge < -0.3 is 9.80 Å². The first-order valence-corrected chi connectivity index (χ1v) is 15.3. The molecule has 0 atom stereocenters. The van der Waals surface area contributed by atoms with Gasteiger partial charge in [-0.05, 0) is 78.1 Å². The highest BCUT2D eigenvalue weighted by Crippen LogP contribution is 2.47. The van der Waals surface area contributed by atoms with E-state index in [9.17, 15) is 0 Å². The number of hydrogen-bond acceptors (Lipinski definition) is 2. The number of nitrogens with zero attached hydrogens (tertiary/aromatic N) is 2. The van der Waals surface area contributed by atoms with Crippen molar-refractivity contribution in [2.45, 2.75) is 24.4 Å². The molecule has 6 rings (SSSR count). The summed E-state index contributed by atoms with van der Waals surface area (Å²) in [6.07, 6.45) is 15.0. The van der Waals surface area contributed by atoms with Crippen molar-refractivity contribution in [3.8, 4) is 0 Å². The molecule has 0 aromatic heterocycles. The molecular weight excluding hydrogens is 532 g/mol. The van der Waals surface area contributed by atoms with E-state index in [4.69, 9.17) is 0 Å². The van der Waals surface area contributed by atoms with E-state index in [1.165, 1.54) is 16.7 Å². The van der Waals surface area contributed by atoms with Crippen molar-refractivity contribution in [3.63, 3.8) is 0 Å². The van der Waals surface area contributed by atoms with E-state index in [1.54, 1.807) is 0 Å². The molecule has 44 heavy (non-hydrogen) atoms. The van der Waals surface area contributed by atoms with Crippen LogP contribution in [0.5, 0.6) is 0 Å². The van der Waals surface area contributed by atoms with Crippen LogP contribution in [-0.2, 0) is 12.8 Å². The van der Waals surface area contributed by atoms with Gasteiger partial charge in [0.05, 0.1) is 0 Å². The van der Waals surface area contributed by atoms with Crippen molar-refractivity contribution in [3.05, 3.63) is 206 Å². The minimum atomic E-state index is -0.747. The normalized spacial score (nSPS) is 13.7. The first-order chi connectivity index (χ1) is 21.7. The molecule has 2 nitrogen and oxygen atoms in total. The van der Waals surface area contributed by atoms with Crippen molar-refractivity contribution in [2.75, 3.05) is 9.80 Å². The third-order valence-electron chi connectivity index (χ3n) is 8.22. The van der Waals surface area contributed by atoms with Gasteiger partial charge >= 0.3 is 0 Å². The number of rotatable bonds is 11. The Morgan fingerprint density at radius 1 is 0.500 bits per heavy atom. The molecule has 0 fully saturated rings. The molecule has 0 aliphatic heterocycles. The number of anilines is 4. The van der Waals surface area contributed by atoms with Crippen LogP contribution in [0.2, 0.25) is 0 Å². The van der Waals surface area contributed by atoms with Gasteiger partial charge in [-0.25, -0.2) is 0 Å². The van der Waals surface area contributed by atoms with E-state index in [2.05, 4.69) is 187 Å². The van der Waals surface area contributed by atoms with E-state index >= 15 is 0 Å². The summed E-state index contributed by atoms with van der Waals surface area (Å²) in [7, 11) is 0. The van der Waals surface area contributed by atoms with Gasteiger partial charge in [0.15, 0.2) is 5.66 Å². The molecule has 0 unspecified atom stereocenters. The quantitative estimate of drug-likeness (QED) is 0.115. The molecule has 2 heteroatoms. The molecule has 0 bridgehead atoms. The second kappa shape index (κ2) is 13.3. The Hall–Kier alpha value is -5.34. The Morgan fingerprint density at radius 2 is 0.886 bits per heavy atom. The summed E-state index contributed by atoms with van der Waals surface area (Å²) in [6.45, 7) is 8.20.